The van der Waals surface area contributed by atoms with Gasteiger partial charge in [0.15, 0.2) is 0 Å². The van der Waals surface area contributed by atoms with E-state index in [1.807, 2.05) is 30.3 Å². The smallest absolute Gasteiger partial charge is 0.294 e. The first-order valence-electron chi connectivity index (χ1n) is 8.63. The molecule has 0 aromatic heterocycles. The molecule has 1 atom stereocenters. The van der Waals surface area contributed by atoms with Gasteiger partial charge < -0.3 is 10.2 Å². The number of amides is 1. The highest BCUT2D eigenvalue weighted by atomic mass is 33.1. The molecular weight excluding hydrogens is 403 g/mol. The summed E-state index contributed by atoms with van der Waals surface area (Å²) >= 11 is 0. The standard InChI is InChI=1S/C19H21FN2O4S2/c1-14(19(23)21-9-11-27-28-12-10-26-22(24)25)16-7-8-17(18(20)13-16)15-5-3-2-4-6-15/h2-8,13-14H,9-12H2,1H3,(H,21,23). The van der Waals surface area contributed by atoms with Crippen LogP contribution in [0.5, 0.6) is 0 Å². The molecule has 0 saturated heterocycles. The Kier molecular flexibility index (Phi) is 9.09. The molecule has 0 aliphatic heterocycles. The Balaban J connectivity index is 1.77. The monoisotopic (exact) mass is 424 g/mol. The first kappa shape index (κ1) is 22.0. The van der Waals surface area contributed by atoms with E-state index in [1.54, 1.807) is 19.1 Å². The average molecular weight is 425 g/mol. The van der Waals surface area contributed by atoms with Crippen LogP contribution in [-0.2, 0) is 9.63 Å². The Morgan fingerprint density at radius 2 is 1.93 bits per heavy atom. The summed E-state index contributed by atoms with van der Waals surface area (Å²) in [6.07, 6.45) is 0. The minimum Gasteiger partial charge on any atom is -0.355 e. The van der Waals surface area contributed by atoms with E-state index in [1.165, 1.54) is 27.7 Å². The summed E-state index contributed by atoms with van der Waals surface area (Å²) in [6, 6.07) is 14.1. The van der Waals surface area contributed by atoms with Crippen molar-refractivity contribution in [3.8, 4) is 11.1 Å². The van der Waals surface area contributed by atoms with E-state index in [0.29, 0.717) is 29.2 Å². The molecule has 0 bridgehead atoms. The van der Waals surface area contributed by atoms with Gasteiger partial charge in [-0.25, -0.2) is 4.39 Å². The van der Waals surface area contributed by atoms with Gasteiger partial charge in [-0.1, -0.05) is 64.1 Å². The summed E-state index contributed by atoms with van der Waals surface area (Å²) in [4.78, 5) is 26.5. The van der Waals surface area contributed by atoms with Gasteiger partial charge in [0.1, 0.15) is 12.4 Å². The van der Waals surface area contributed by atoms with E-state index in [9.17, 15) is 19.3 Å². The van der Waals surface area contributed by atoms with Crippen molar-refractivity contribution < 1.29 is 19.1 Å². The van der Waals surface area contributed by atoms with Crippen LogP contribution in [0.25, 0.3) is 11.1 Å². The van der Waals surface area contributed by atoms with Crippen LogP contribution >= 0.6 is 21.6 Å². The highest BCUT2D eigenvalue weighted by Crippen LogP contribution is 2.26. The maximum absolute atomic E-state index is 14.5. The van der Waals surface area contributed by atoms with Crippen molar-refractivity contribution in [2.45, 2.75) is 12.8 Å². The summed E-state index contributed by atoms with van der Waals surface area (Å²) in [6.45, 7) is 2.24. The van der Waals surface area contributed by atoms with E-state index < -0.39 is 11.0 Å². The predicted molar refractivity (Wildman–Crippen MR) is 111 cm³/mol. The minimum absolute atomic E-state index is 0.0403. The van der Waals surface area contributed by atoms with Gasteiger partial charge in [-0.15, -0.1) is 10.1 Å². The maximum atomic E-state index is 14.5. The van der Waals surface area contributed by atoms with Gasteiger partial charge in [-0.3, -0.25) is 4.79 Å². The van der Waals surface area contributed by atoms with E-state index in [4.69, 9.17) is 0 Å². The van der Waals surface area contributed by atoms with Crippen LogP contribution in [-0.4, -0.2) is 35.7 Å². The summed E-state index contributed by atoms with van der Waals surface area (Å²) in [5.41, 5.74) is 1.92. The third-order valence-electron chi connectivity index (χ3n) is 3.90. The van der Waals surface area contributed by atoms with Crippen molar-refractivity contribution >= 4 is 27.5 Å². The largest absolute Gasteiger partial charge is 0.355 e. The second-order valence-electron chi connectivity index (χ2n) is 5.82. The second-order valence-corrected chi connectivity index (χ2v) is 8.52. The van der Waals surface area contributed by atoms with Crippen molar-refractivity contribution in [1.29, 1.82) is 0 Å². The molecule has 2 aromatic carbocycles. The number of rotatable bonds is 11. The Labute approximate surface area is 170 Å². The SMILES string of the molecule is CC(C(=O)NCCSSCCO[N+](=O)[O-])c1ccc(-c2ccccc2)c(F)c1. The highest BCUT2D eigenvalue weighted by molar-refractivity contribution is 8.76. The zero-order chi connectivity index (χ0) is 20.4. The summed E-state index contributed by atoms with van der Waals surface area (Å²) in [5, 5.41) is 12.0. The fraction of sp³-hybridized carbons (Fsp3) is 0.316. The van der Waals surface area contributed by atoms with Gasteiger partial charge >= 0.3 is 0 Å². The number of nitrogens with one attached hydrogen (secondary N) is 1. The number of carbonyl (C=O) groups is 1. The number of hydrogen-bond donors (Lipinski definition) is 1. The molecular formula is C19H21FN2O4S2. The topological polar surface area (TPSA) is 81.5 Å². The number of carbonyl (C=O) groups excluding carboxylic acids is 1. The molecule has 28 heavy (non-hydrogen) atoms. The molecule has 0 radical (unpaired) electrons. The van der Waals surface area contributed by atoms with Crippen LogP contribution < -0.4 is 5.32 Å². The molecule has 0 fully saturated rings. The molecule has 0 aliphatic carbocycles. The first-order chi connectivity index (χ1) is 13.5. The van der Waals surface area contributed by atoms with Crippen molar-refractivity contribution in [3.63, 3.8) is 0 Å². The Bertz CT molecular complexity index is 793. The minimum atomic E-state index is -0.817. The Morgan fingerprint density at radius 3 is 2.61 bits per heavy atom. The molecule has 2 aromatic rings. The van der Waals surface area contributed by atoms with Gasteiger partial charge in [0.05, 0.1) is 5.92 Å². The van der Waals surface area contributed by atoms with Crippen LogP contribution in [0.4, 0.5) is 4.39 Å². The molecule has 0 spiro atoms. The van der Waals surface area contributed by atoms with E-state index in [0.717, 1.165) is 5.56 Å². The summed E-state index contributed by atoms with van der Waals surface area (Å²) < 4.78 is 14.5. The predicted octanol–water partition coefficient (Wildman–Crippen LogP) is 4.30. The highest BCUT2D eigenvalue weighted by Gasteiger charge is 2.17. The van der Waals surface area contributed by atoms with Crippen LogP contribution in [0.15, 0.2) is 48.5 Å². The van der Waals surface area contributed by atoms with Crippen molar-refractivity contribution in [2.24, 2.45) is 0 Å². The van der Waals surface area contributed by atoms with Crippen LogP contribution in [0.1, 0.15) is 18.4 Å². The maximum Gasteiger partial charge on any atom is 0.294 e. The lowest BCUT2D eigenvalue weighted by Crippen LogP contribution is -2.29. The second kappa shape index (κ2) is 11.6. The number of hydrogen-bond acceptors (Lipinski definition) is 6. The lowest BCUT2D eigenvalue weighted by Gasteiger charge is -2.14. The van der Waals surface area contributed by atoms with E-state index in [-0.39, 0.29) is 18.3 Å². The molecule has 0 saturated carbocycles. The van der Waals surface area contributed by atoms with Crippen molar-refractivity contribution in [2.75, 3.05) is 24.7 Å². The van der Waals surface area contributed by atoms with Gasteiger partial charge in [0, 0.05) is 23.6 Å². The van der Waals surface area contributed by atoms with Crippen molar-refractivity contribution in [1.82, 2.24) is 5.32 Å². The third kappa shape index (κ3) is 7.05. The molecule has 0 heterocycles. The fourth-order valence-corrected chi connectivity index (χ4v) is 4.16. The summed E-state index contributed by atoms with van der Waals surface area (Å²) in [7, 11) is 2.94. The molecule has 1 unspecified atom stereocenters. The number of benzene rings is 2. The van der Waals surface area contributed by atoms with E-state index in [2.05, 4.69) is 10.2 Å². The number of halogens is 1. The third-order valence-corrected chi connectivity index (χ3v) is 6.27. The molecule has 1 N–H and O–H groups in total. The molecule has 1 amide bonds. The molecule has 9 heteroatoms. The lowest BCUT2D eigenvalue weighted by atomic mass is 9.96. The van der Waals surface area contributed by atoms with Crippen molar-refractivity contribution in [3.05, 3.63) is 70.0 Å². The van der Waals surface area contributed by atoms with Crippen LogP contribution in [0.3, 0.4) is 0 Å². The summed E-state index contributed by atoms with van der Waals surface area (Å²) in [5.74, 6) is 0.151. The zero-order valence-corrected chi connectivity index (χ0v) is 16.9. The van der Waals surface area contributed by atoms with Gasteiger partial charge in [-0.05, 0) is 24.1 Å². The van der Waals surface area contributed by atoms with E-state index >= 15 is 0 Å². The van der Waals surface area contributed by atoms with Crippen LogP contribution in [0, 0.1) is 15.9 Å². The molecule has 0 aliphatic rings. The Morgan fingerprint density at radius 1 is 1.21 bits per heavy atom. The zero-order valence-electron chi connectivity index (χ0n) is 15.3. The number of nitrogens with zero attached hydrogens (tertiary/aromatic N) is 1. The van der Waals surface area contributed by atoms with Crippen LogP contribution in [0.2, 0.25) is 0 Å². The first-order valence-corrected chi connectivity index (χ1v) is 11.1. The van der Waals surface area contributed by atoms with Gasteiger partial charge in [0.2, 0.25) is 5.91 Å². The molecule has 150 valence electrons. The lowest BCUT2D eigenvalue weighted by molar-refractivity contribution is -0.756. The fourth-order valence-electron chi connectivity index (χ4n) is 2.44. The average Bonchev–Trinajstić information content (AvgIpc) is 2.69. The van der Waals surface area contributed by atoms with Gasteiger partial charge in [0.25, 0.3) is 5.09 Å². The Hall–Kier alpha value is -2.26. The quantitative estimate of drug-likeness (QED) is 0.251. The molecule has 2 rings (SSSR count). The molecule has 6 nitrogen and oxygen atoms in total. The normalized spacial score (nSPS) is 11.6. The van der Waals surface area contributed by atoms with Gasteiger partial charge in [-0.2, -0.15) is 0 Å².